The van der Waals surface area contributed by atoms with Crippen molar-refractivity contribution in [1.82, 2.24) is 19.5 Å². The summed E-state index contributed by atoms with van der Waals surface area (Å²) in [5.41, 5.74) is 1.47. The summed E-state index contributed by atoms with van der Waals surface area (Å²) in [6.07, 6.45) is 4.35. The molecule has 1 N–H and O–H groups in total. The normalized spacial score (nSPS) is 10.7. The van der Waals surface area contributed by atoms with Crippen molar-refractivity contribution in [2.24, 2.45) is 0 Å². The van der Waals surface area contributed by atoms with Gasteiger partial charge in [0.2, 0.25) is 0 Å². The number of hydrogen-bond donors (Lipinski definition) is 1. The van der Waals surface area contributed by atoms with E-state index >= 15 is 0 Å². The number of rotatable bonds is 2. The number of hydrogen-bond acceptors (Lipinski definition) is 4. The highest BCUT2D eigenvalue weighted by atomic mass is 16.4. The molecule has 0 radical (unpaired) electrons. The topological polar surface area (TPSA) is 80.9 Å². The van der Waals surface area contributed by atoms with Crippen LogP contribution in [-0.4, -0.2) is 30.6 Å². The molecule has 0 amide bonds. The number of carboxylic acids is 1. The van der Waals surface area contributed by atoms with Crippen molar-refractivity contribution < 1.29 is 9.90 Å². The smallest absolute Gasteiger partial charge is 0.358 e. The number of nitrogens with zero attached hydrogens (tertiary/aromatic N) is 4. The Balaban J connectivity index is 2.30. The van der Waals surface area contributed by atoms with Crippen LogP contribution >= 0.6 is 0 Å². The lowest BCUT2D eigenvalue weighted by atomic mass is 10.3. The van der Waals surface area contributed by atoms with Gasteiger partial charge in [-0.3, -0.25) is 4.57 Å². The summed E-state index contributed by atoms with van der Waals surface area (Å²) in [5, 5.41) is 9.10. The molecule has 0 bridgehead atoms. The molecule has 1 aromatic carbocycles. The Morgan fingerprint density at radius 3 is 2.72 bits per heavy atom. The lowest BCUT2D eigenvalue weighted by Gasteiger charge is -2.05. The maximum absolute atomic E-state index is 11.1. The van der Waals surface area contributed by atoms with Crippen molar-refractivity contribution in [1.29, 1.82) is 0 Å². The second-order valence-corrected chi connectivity index (χ2v) is 3.64. The van der Waals surface area contributed by atoms with Gasteiger partial charge in [-0.1, -0.05) is 12.1 Å². The first-order chi connectivity index (χ1) is 8.77. The molecule has 18 heavy (non-hydrogen) atoms. The van der Waals surface area contributed by atoms with Gasteiger partial charge < -0.3 is 5.11 Å². The molecular weight excluding hydrogens is 232 g/mol. The molecule has 0 fully saturated rings. The second-order valence-electron chi connectivity index (χ2n) is 3.64. The van der Waals surface area contributed by atoms with Gasteiger partial charge in [0.15, 0.2) is 11.5 Å². The number of aromatic nitrogens is 4. The highest BCUT2D eigenvalue weighted by molar-refractivity contribution is 5.90. The number of fused-ring (bicyclic) bond motifs is 1. The molecule has 3 aromatic rings. The minimum absolute atomic E-state index is 0.0966. The number of imidazole rings is 1. The molecule has 6 heteroatoms. The molecule has 0 aliphatic heterocycles. The fourth-order valence-electron chi connectivity index (χ4n) is 1.79. The van der Waals surface area contributed by atoms with Crippen molar-refractivity contribution in [2.75, 3.05) is 0 Å². The summed E-state index contributed by atoms with van der Waals surface area (Å²) in [6.45, 7) is 0. The fraction of sp³-hybridized carbons (Fsp3) is 0. The first-order valence-corrected chi connectivity index (χ1v) is 5.24. The molecule has 6 nitrogen and oxygen atoms in total. The van der Waals surface area contributed by atoms with Gasteiger partial charge in [0.1, 0.15) is 6.33 Å². The number of carboxylic acid groups (broad SMARTS) is 1. The number of para-hydroxylation sites is 2. The Bertz CT molecular complexity index is 736. The van der Waals surface area contributed by atoms with Crippen molar-refractivity contribution in [2.45, 2.75) is 0 Å². The van der Waals surface area contributed by atoms with Crippen LogP contribution in [0.3, 0.4) is 0 Å². The quantitative estimate of drug-likeness (QED) is 0.734. The van der Waals surface area contributed by atoms with Crippen molar-refractivity contribution >= 4 is 17.0 Å². The predicted octanol–water partition coefficient (Wildman–Crippen LogP) is 1.51. The number of aromatic carboxylic acids is 1. The molecule has 3 rings (SSSR count). The standard InChI is InChI=1S/C12H8N4O2/c17-12(18)10-11(14-6-5-13-10)16-7-15-8-3-1-2-4-9(8)16/h1-7H,(H,17,18). The highest BCUT2D eigenvalue weighted by Crippen LogP contribution is 2.17. The lowest BCUT2D eigenvalue weighted by molar-refractivity contribution is 0.0690. The van der Waals surface area contributed by atoms with Crippen LogP contribution in [0.4, 0.5) is 0 Å². The van der Waals surface area contributed by atoms with Gasteiger partial charge in [-0.2, -0.15) is 0 Å². The van der Waals surface area contributed by atoms with Gasteiger partial charge in [0.25, 0.3) is 0 Å². The van der Waals surface area contributed by atoms with E-state index in [9.17, 15) is 4.79 Å². The molecule has 0 aliphatic rings. The third-order valence-electron chi connectivity index (χ3n) is 2.56. The van der Waals surface area contributed by atoms with Gasteiger partial charge in [0, 0.05) is 12.4 Å². The van der Waals surface area contributed by atoms with Crippen LogP contribution in [0.25, 0.3) is 16.9 Å². The van der Waals surface area contributed by atoms with Crippen LogP contribution < -0.4 is 0 Å². The van der Waals surface area contributed by atoms with Crippen LogP contribution in [0, 0.1) is 0 Å². The highest BCUT2D eigenvalue weighted by Gasteiger charge is 2.15. The van der Waals surface area contributed by atoms with Crippen molar-refractivity contribution in [3.05, 3.63) is 48.7 Å². The van der Waals surface area contributed by atoms with Crippen LogP contribution in [0.1, 0.15) is 10.5 Å². The largest absolute Gasteiger partial charge is 0.476 e. The summed E-state index contributed by atoms with van der Waals surface area (Å²) in [6, 6.07) is 7.43. The Morgan fingerprint density at radius 1 is 1.11 bits per heavy atom. The van der Waals surface area contributed by atoms with Crippen LogP contribution in [0.2, 0.25) is 0 Å². The molecule has 0 saturated heterocycles. The summed E-state index contributed by atoms with van der Waals surface area (Å²) in [7, 11) is 0. The van der Waals surface area contributed by atoms with E-state index in [0.717, 1.165) is 11.0 Å². The molecule has 0 unspecified atom stereocenters. The number of carbonyl (C=O) groups is 1. The van der Waals surface area contributed by atoms with E-state index in [1.807, 2.05) is 24.3 Å². The maximum atomic E-state index is 11.1. The monoisotopic (exact) mass is 240 g/mol. The van der Waals surface area contributed by atoms with E-state index in [1.165, 1.54) is 12.4 Å². The van der Waals surface area contributed by atoms with Crippen LogP contribution in [0.5, 0.6) is 0 Å². The van der Waals surface area contributed by atoms with Crippen molar-refractivity contribution in [3.63, 3.8) is 0 Å². The first kappa shape index (κ1) is 10.4. The number of benzene rings is 1. The zero-order chi connectivity index (χ0) is 12.5. The predicted molar refractivity (Wildman–Crippen MR) is 63.6 cm³/mol. The van der Waals surface area contributed by atoms with E-state index < -0.39 is 5.97 Å². The zero-order valence-corrected chi connectivity index (χ0v) is 9.19. The molecule has 0 atom stereocenters. The van der Waals surface area contributed by atoms with E-state index in [1.54, 1.807) is 10.9 Å². The summed E-state index contributed by atoms with van der Waals surface area (Å²) in [5.74, 6) is -0.852. The molecule has 0 spiro atoms. The van der Waals surface area contributed by atoms with E-state index in [2.05, 4.69) is 15.0 Å². The average Bonchev–Trinajstić information content (AvgIpc) is 2.82. The summed E-state index contributed by atoms with van der Waals surface area (Å²) < 4.78 is 1.62. The molecule has 2 heterocycles. The van der Waals surface area contributed by atoms with Gasteiger partial charge in [-0.25, -0.2) is 19.7 Å². The summed E-state index contributed by atoms with van der Waals surface area (Å²) >= 11 is 0. The van der Waals surface area contributed by atoms with E-state index in [0.29, 0.717) is 0 Å². The molecular formula is C12H8N4O2. The van der Waals surface area contributed by atoms with E-state index in [-0.39, 0.29) is 11.5 Å². The van der Waals surface area contributed by atoms with Gasteiger partial charge in [-0.15, -0.1) is 0 Å². The minimum atomic E-state index is -1.11. The van der Waals surface area contributed by atoms with Gasteiger partial charge in [-0.05, 0) is 12.1 Å². The third kappa shape index (κ3) is 1.51. The Labute approximate surface area is 102 Å². The lowest BCUT2D eigenvalue weighted by Crippen LogP contribution is -2.09. The Kier molecular flexibility index (Phi) is 2.26. The maximum Gasteiger partial charge on any atom is 0.358 e. The first-order valence-electron chi connectivity index (χ1n) is 5.24. The minimum Gasteiger partial charge on any atom is -0.476 e. The Hall–Kier alpha value is -2.76. The molecule has 88 valence electrons. The Morgan fingerprint density at radius 2 is 1.89 bits per heavy atom. The van der Waals surface area contributed by atoms with Crippen molar-refractivity contribution in [3.8, 4) is 5.82 Å². The van der Waals surface area contributed by atoms with Crippen LogP contribution in [-0.2, 0) is 0 Å². The van der Waals surface area contributed by atoms with Gasteiger partial charge >= 0.3 is 5.97 Å². The van der Waals surface area contributed by atoms with Gasteiger partial charge in [0.05, 0.1) is 11.0 Å². The van der Waals surface area contributed by atoms with E-state index in [4.69, 9.17) is 5.11 Å². The average molecular weight is 240 g/mol. The molecule has 0 saturated carbocycles. The third-order valence-corrected chi connectivity index (χ3v) is 2.56. The zero-order valence-electron chi connectivity index (χ0n) is 9.19. The SMILES string of the molecule is O=C(O)c1nccnc1-n1cnc2ccccc21. The second kappa shape index (κ2) is 3.92. The molecule has 2 aromatic heterocycles. The summed E-state index contributed by atoms with van der Waals surface area (Å²) in [4.78, 5) is 23.2. The molecule has 0 aliphatic carbocycles. The van der Waals surface area contributed by atoms with Crippen LogP contribution in [0.15, 0.2) is 43.0 Å². The fourth-order valence-corrected chi connectivity index (χ4v) is 1.79.